The van der Waals surface area contributed by atoms with E-state index in [2.05, 4.69) is 0 Å². The highest BCUT2D eigenvalue weighted by Crippen LogP contribution is 2.40. The average molecular weight is 630 g/mol. The second-order valence-corrected chi connectivity index (χ2v) is 14.0. The second kappa shape index (κ2) is 10.8. The Morgan fingerprint density at radius 1 is 1.09 bits per heavy atom. The van der Waals surface area contributed by atoms with Crippen molar-refractivity contribution in [3.63, 3.8) is 0 Å². The van der Waals surface area contributed by atoms with E-state index in [9.17, 15) is 19.2 Å². The number of cyclic esters (lactones) is 1. The second-order valence-electron chi connectivity index (χ2n) is 14.0. The summed E-state index contributed by atoms with van der Waals surface area (Å²) in [7, 11) is 3.90. The molecular formula is C34H39N5O7. The van der Waals surface area contributed by atoms with E-state index in [-0.39, 0.29) is 36.3 Å². The molecule has 0 saturated carbocycles. The number of rotatable bonds is 4. The Morgan fingerprint density at radius 2 is 1.83 bits per heavy atom. The molecule has 0 radical (unpaired) electrons. The van der Waals surface area contributed by atoms with E-state index in [4.69, 9.17) is 19.2 Å². The number of benzene rings is 1. The summed E-state index contributed by atoms with van der Waals surface area (Å²) in [6.45, 7) is 9.06. The van der Waals surface area contributed by atoms with Gasteiger partial charge in [-0.15, -0.1) is 0 Å². The van der Waals surface area contributed by atoms with Gasteiger partial charge in [-0.3, -0.25) is 14.5 Å². The minimum Gasteiger partial charge on any atom is -0.460 e. The van der Waals surface area contributed by atoms with E-state index in [1.54, 1.807) is 20.4 Å². The fourth-order valence-corrected chi connectivity index (χ4v) is 7.22. The van der Waals surface area contributed by atoms with Gasteiger partial charge in [0.2, 0.25) is 0 Å². The molecule has 0 spiro atoms. The molecule has 0 aliphatic carbocycles. The molecule has 4 aliphatic rings. The first kappa shape index (κ1) is 30.2. The highest BCUT2D eigenvalue weighted by Gasteiger charge is 2.50. The molecule has 12 heteroatoms. The van der Waals surface area contributed by atoms with Crippen LogP contribution in [0.25, 0.3) is 22.3 Å². The molecule has 2 saturated heterocycles. The molecule has 2 bridgehead atoms. The minimum absolute atomic E-state index is 0.0188. The molecule has 0 N–H and O–H groups in total. The molecule has 3 atom stereocenters. The van der Waals surface area contributed by atoms with Gasteiger partial charge in [0.05, 0.1) is 47.0 Å². The van der Waals surface area contributed by atoms with E-state index in [0.717, 1.165) is 28.5 Å². The van der Waals surface area contributed by atoms with Gasteiger partial charge in [-0.2, -0.15) is 0 Å². The lowest BCUT2D eigenvalue weighted by molar-refractivity contribution is -0.148. The van der Waals surface area contributed by atoms with Crippen molar-refractivity contribution >= 4 is 29.1 Å². The van der Waals surface area contributed by atoms with Crippen LogP contribution in [0.2, 0.25) is 0 Å². The first-order valence-corrected chi connectivity index (χ1v) is 15.8. The van der Waals surface area contributed by atoms with Crippen LogP contribution in [-0.4, -0.2) is 87.3 Å². The molecule has 2 aromatic heterocycles. The number of pyridine rings is 2. The Labute approximate surface area is 266 Å². The zero-order valence-corrected chi connectivity index (χ0v) is 27.1. The zero-order valence-electron chi connectivity index (χ0n) is 27.1. The summed E-state index contributed by atoms with van der Waals surface area (Å²) >= 11 is 0. The van der Waals surface area contributed by atoms with E-state index in [0.29, 0.717) is 60.8 Å². The van der Waals surface area contributed by atoms with Gasteiger partial charge in [-0.1, -0.05) is 6.92 Å². The quantitative estimate of drug-likeness (QED) is 0.305. The Bertz CT molecular complexity index is 1850. The minimum atomic E-state index is -0.586. The lowest BCUT2D eigenvalue weighted by Gasteiger charge is -2.55. The summed E-state index contributed by atoms with van der Waals surface area (Å²) in [5.41, 5.74) is 4.34. The Morgan fingerprint density at radius 3 is 2.50 bits per heavy atom. The van der Waals surface area contributed by atoms with Gasteiger partial charge >= 0.3 is 18.2 Å². The molecule has 7 rings (SSSR count). The van der Waals surface area contributed by atoms with Crippen LogP contribution in [-0.2, 0) is 34.0 Å². The van der Waals surface area contributed by atoms with E-state index >= 15 is 0 Å². The van der Waals surface area contributed by atoms with Crippen molar-refractivity contribution < 1.29 is 28.6 Å². The summed E-state index contributed by atoms with van der Waals surface area (Å²) in [5, 5.41) is 0.841. The molecule has 4 aliphatic heterocycles. The lowest BCUT2D eigenvalue weighted by Crippen LogP contribution is -2.71. The summed E-state index contributed by atoms with van der Waals surface area (Å²) in [6, 6.07) is 7.33. The van der Waals surface area contributed by atoms with Gasteiger partial charge in [0.1, 0.15) is 18.0 Å². The highest BCUT2D eigenvalue weighted by molar-refractivity contribution is 5.90. The molecule has 46 heavy (non-hydrogen) atoms. The molecule has 3 aromatic rings. The highest BCUT2D eigenvalue weighted by atomic mass is 16.6. The number of ether oxygens (including phenoxy) is 3. The zero-order chi connectivity index (χ0) is 32.7. The maximum absolute atomic E-state index is 13.6. The number of piperazine rings is 1. The number of esters is 1. The van der Waals surface area contributed by atoms with Crippen molar-refractivity contribution in [1.82, 2.24) is 24.3 Å². The summed E-state index contributed by atoms with van der Waals surface area (Å²) < 4.78 is 18.6. The predicted molar refractivity (Wildman–Crippen MR) is 169 cm³/mol. The molecule has 3 unspecified atom stereocenters. The van der Waals surface area contributed by atoms with Gasteiger partial charge in [0, 0.05) is 36.1 Å². The monoisotopic (exact) mass is 629 g/mol. The fraction of sp³-hybridized carbons (Fsp3) is 0.500. The van der Waals surface area contributed by atoms with Crippen LogP contribution in [0.1, 0.15) is 68.7 Å². The Kier molecular flexibility index (Phi) is 7.11. The molecular weight excluding hydrogens is 590 g/mol. The number of likely N-dealkylation sites (tertiary alicyclic amines) is 2. The van der Waals surface area contributed by atoms with Gasteiger partial charge in [-0.25, -0.2) is 14.6 Å². The van der Waals surface area contributed by atoms with Crippen LogP contribution in [0, 0.1) is 0 Å². The first-order valence-electron chi connectivity index (χ1n) is 15.8. The predicted octanol–water partition coefficient (Wildman–Crippen LogP) is 4.23. The number of piperidine rings is 1. The van der Waals surface area contributed by atoms with Gasteiger partial charge in [0.15, 0.2) is 0 Å². The van der Waals surface area contributed by atoms with Crippen molar-refractivity contribution in [2.24, 2.45) is 0 Å². The standard InChI is InChI=1S/C34H39N5O7/c1-7-21-22-12-27-29-18(13-38(27)30(40)25(22)17-44-31(21)41)10-23-24(16-36(5)6)28(9-8-26(23)35-29)45-33(43)39-19-11-20(39)15-37(14-19)32(42)46-34(2,3)4/h8-10,12,19-21H,7,11,13-17H2,1-6H3. The molecule has 6 heterocycles. The van der Waals surface area contributed by atoms with Crippen LogP contribution in [0.3, 0.4) is 0 Å². The number of carbonyl (C=O) groups excluding carboxylic acids is 3. The topological polar surface area (TPSA) is 124 Å². The Balaban J connectivity index is 1.18. The van der Waals surface area contributed by atoms with Gasteiger partial charge in [0.25, 0.3) is 5.56 Å². The summed E-state index contributed by atoms with van der Waals surface area (Å²) in [4.78, 5) is 62.6. The van der Waals surface area contributed by atoms with Crippen LogP contribution in [0.4, 0.5) is 9.59 Å². The van der Waals surface area contributed by atoms with Crippen LogP contribution in [0.5, 0.6) is 5.75 Å². The number of hydrogen-bond acceptors (Lipinski definition) is 9. The fourth-order valence-electron chi connectivity index (χ4n) is 7.22. The third kappa shape index (κ3) is 4.99. The maximum Gasteiger partial charge on any atom is 0.415 e. The maximum atomic E-state index is 13.6. The number of aromatic nitrogens is 2. The van der Waals surface area contributed by atoms with E-state index in [1.165, 1.54) is 0 Å². The van der Waals surface area contributed by atoms with Gasteiger partial charge < -0.3 is 28.6 Å². The van der Waals surface area contributed by atoms with Crippen molar-refractivity contribution in [3.05, 3.63) is 56.9 Å². The van der Waals surface area contributed by atoms with E-state index in [1.807, 2.05) is 64.9 Å². The third-order valence-electron chi connectivity index (χ3n) is 9.31. The lowest BCUT2D eigenvalue weighted by atomic mass is 9.88. The largest absolute Gasteiger partial charge is 0.460 e. The molecule has 2 amide bonds. The molecule has 1 aromatic carbocycles. The number of fused-ring (bicyclic) bond motifs is 7. The molecule has 2 fully saturated rings. The van der Waals surface area contributed by atoms with Crippen molar-refractivity contribution in [2.75, 3.05) is 27.2 Å². The number of carbonyl (C=O) groups is 3. The third-order valence-corrected chi connectivity index (χ3v) is 9.31. The van der Waals surface area contributed by atoms with E-state index < -0.39 is 17.6 Å². The Hall–Kier alpha value is -4.45. The number of nitrogens with zero attached hydrogens (tertiary/aromatic N) is 5. The number of amides is 2. The van der Waals surface area contributed by atoms with Crippen LogP contribution >= 0.6 is 0 Å². The summed E-state index contributed by atoms with van der Waals surface area (Å²) in [6.07, 6.45) is 0.554. The van der Waals surface area contributed by atoms with Crippen LogP contribution < -0.4 is 10.3 Å². The molecule has 12 nitrogen and oxygen atoms in total. The molecule has 242 valence electrons. The SMILES string of the molecule is CCC1C(=O)OCc2c1cc1n(c2=O)Cc2cc3c(CN(C)C)c(OC(=O)N4C5CC4CN(C(=O)OC(C)(C)C)C5)ccc3nc2-1. The van der Waals surface area contributed by atoms with Crippen molar-refractivity contribution in [2.45, 2.75) is 83.8 Å². The van der Waals surface area contributed by atoms with Crippen LogP contribution in [0.15, 0.2) is 29.1 Å². The average Bonchev–Trinajstić information content (AvgIpc) is 3.34. The smallest absolute Gasteiger partial charge is 0.415 e. The number of hydrogen-bond donors (Lipinski definition) is 0. The van der Waals surface area contributed by atoms with Crippen molar-refractivity contribution in [1.29, 1.82) is 0 Å². The summed E-state index contributed by atoms with van der Waals surface area (Å²) in [5.74, 6) is -0.324. The first-order chi connectivity index (χ1) is 21.8. The normalized spacial score (nSPS) is 21.4. The van der Waals surface area contributed by atoms with Crippen molar-refractivity contribution in [3.8, 4) is 17.1 Å². The van der Waals surface area contributed by atoms with Gasteiger partial charge in [-0.05, 0) is 77.5 Å².